The number of halogens is 1. The predicted molar refractivity (Wildman–Crippen MR) is 117 cm³/mol. The van der Waals surface area contributed by atoms with E-state index in [1.165, 1.54) is 6.07 Å². The highest BCUT2D eigenvalue weighted by molar-refractivity contribution is 7.89. The number of nitrogens with zero attached hydrogens (tertiary/aromatic N) is 1. The van der Waals surface area contributed by atoms with Crippen LogP contribution in [-0.4, -0.2) is 58.3 Å². The molecule has 7 nitrogen and oxygen atoms in total. The summed E-state index contributed by atoms with van der Waals surface area (Å²) in [6.07, 6.45) is 0. The first kappa shape index (κ1) is 22.4. The van der Waals surface area contributed by atoms with Crippen molar-refractivity contribution < 1.29 is 25.2 Å². The highest BCUT2D eigenvalue weighted by Crippen LogP contribution is 2.24. The number of hydrazine groups is 1. The van der Waals surface area contributed by atoms with E-state index in [-0.39, 0.29) is 20.1 Å². The van der Waals surface area contributed by atoms with E-state index in [0.29, 0.717) is 30.8 Å². The third kappa shape index (κ3) is 5.63. The molecule has 1 saturated heterocycles. The maximum atomic E-state index is 14.5. The van der Waals surface area contributed by atoms with E-state index < -0.39 is 21.7 Å². The van der Waals surface area contributed by atoms with E-state index >= 15 is 0 Å². The summed E-state index contributed by atoms with van der Waals surface area (Å²) in [6.45, 7) is 4.24. The number of amides is 1. The average Bonchev–Trinajstić information content (AvgIpc) is 2.70. The van der Waals surface area contributed by atoms with Gasteiger partial charge in [-0.05, 0) is 41.7 Å². The lowest BCUT2D eigenvalue weighted by Gasteiger charge is -2.38. The molecule has 1 amide bonds. The number of hydrogen-bond acceptors (Lipinski definition) is 5. The maximum Gasteiger partial charge on any atom is 0.269 e. The zero-order chi connectivity index (χ0) is 21.7. The molecule has 0 saturated carbocycles. The Hall–Kier alpha value is -2.33. The third-order valence-electron chi connectivity index (χ3n) is 5.03. The van der Waals surface area contributed by atoms with Gasteiger partial charge < -0.3 is 9.64 Å². The second kappa shape index (κ2) is 9.65. The van der Waals surface area contributed by atoms with Crippen LogP contribution in [0.25, 0.3) is 11.1 Å². The van der Waals surface area contributed by atoms with Gasteiger partial charge in [-0.2, -0.15) is 0 Å². The van der Waals surface area contributed by atoms with Crippen LogP contribution >= 0.6 is 0 Å². The van der Waals surface area contributed by atoms with Crippen molar-refractivity contribution in [2.45, 2.75) is 6.92 Å². The van der Waals surface area contributed by atoms with Gasteiger partial charge in [0.1, 0.15) is 5.82 Å². The van der Waals surface area contributed by atoms with E-state index in [1.807, 2.05) is 30.3 Å². The molecule has 0 aliphatic carbocycles. The number of methoxy groups -OCH3 is 1. The Labute approximate surface area is 179 Å². The highest BCUT2D eigenvalue weighted by atomic mass is 32.2. The molecule has 2 aromatic rings. The molecule has 9 heteroatoms. The maximum absolute atomic E-state index is 14.5. The van der Waals surface area contributed by atoms with Crippen LogP contribution in [0.15, 0.2) is 42.5 Å². The molecule has 0 spiro atoms. The van der Waals surface area contributed by atoms with Crippen molar-refractivity contribution in [3.05, 3.63) is 59.4 Å². The van der Waals surface area contributed by atoms with Crippen LogP contribution in [0.2, 0.25) is 0 Å². The lowest BCUT2D eigenvalue weighted by atomic mass is 9.99. The number of benzene rings is 2. The van der Waals surface area contributed by atoms with E-state index in [0.717, 1.165) is 12.1 Å². The Morgan fingerprint density at radius 3 is 2.60 bits per heavy atom. The number of ether oxygens (including phenoxy) is 1. The van der Waals surface area contributed by atoms with E-state index in [9.17, 15) is 17.6 Å². The molecule has 0 radical (unpaired) electrons. The number of rotatable bonds is 9. The predicted octanol–water partition coefficient (Wildman–Crippen LogP) is 2.44. The molecule has 30 heavy (non-hydrogen) atoms. The molecular formula is C21H30FN3O4S. The summed E-state index contributed by atoms with van der Waals surface area (Å²) in [7, 11) is -2.12. The highest BCUT2D eigenvalue weighted by Gasteiger charge is 2.31. The molecule has 1 aliphatic heterocycles. The fourth-order valence-electron chi connectivity index (χ4n) is 3.46. The number of aryl methyl sites for hydroxylation is 1. The summed E-state index contributed by atoms with van der Waals surface area (Å²) >= 11 is 0. The van der Waals surface area contributed by atoms with Gasteiger partial charge in [0.15, 0.2) is 0 Å². The quantitative estimate of drug-likeness (QED) is 0.586. The molecule has 1 aliphatic rings. The molecule has 2 N–H and O–H groups in total. The number of sulfonamides is 1. The standard InChI is InChI=1S/C21H26FN3O4S.2H2/c1-15-10-18(17-6-4-3-5-7-17)11-19(20(15)22)21(26)23-24-30(27,28)14-16-12-25(13-16)8-9-29-2;;/h3-7,10-11,16,24H,8-9,12-14H2,1-2H3,(H,23,26);2*1H. The number of likely N-dealkylation sites (tertiary alicyclic amines) is 1. The molecule has 0 bridgehead atoms. The number of hydrogen-bond donors (Lipinski definition) is 2. The fourth-order valence-corrected chi connectivity index (χ4v) is 4.62. The minimum absolute atomic E-state index is 0. The molecule has 0 unspecified atom stereocenters. The van der Waals surface area contributed by atoms with Crippen LogP contribution in [0.1, 0.15) is 18.8 Å². The normalized spacial score (nSPS) is 15.0. The monoisotopic (exact) mass is 439 g/mol. The molecular weight excluding hydrogens is 409 g/mol. The molecule has 0 atom stereocenters. The van der Waals surface area contributed by atoms with Gasteiger partial charge in [-0.1, -0.05) is 30.3 Å². The van der Waals surface area contributed by atoms with Crippen LogP contribution in [-0.2, 0) is 14.8 Å². The minimum Gasteiger partial charge on any atom is -0.383 e. The molecule has 0 aromatic heterocycles. The Balaban J connectivity index is 0.00000256. The van der Waals surface area contributed by atoms with Gasteiger partial charge in [-0.25, -0.2) is 12.8 Å². The van der Waals surface area contributed by atoms with Crippen molar-refractivity contribution in [1.29, 1.82) is 0 Å². The Morgan fingerprint density at radius 1 is 1.23 bits per heavy atom. The molecule has 1 fully saturated rings. The van der Waals surface area contributed by atoms with Gasteiger partial charge in [-0.3, -0.25) is 10.2 Å². The van der Waals surface area contributed by atoms with Gasteiger partial charge in [0, 0.05) is 29.6 Å². The second-order valence-electron chi connectivity index (χ2n) is 7.48. The minimum atomic E-state index is -3.74. The first-order valence-corrected chi connectivity index (χ1v) is 11.3. The topological polar surface area (TPSA) is 87.7 Å². The molecule has 1 heterocycles. The molecule has 166 valence electrons. The average molecular weight is 440 g/mol. The smallest absolute Gasteiger partial charge is 0.269 e. The Morgan fingerprint density at radius 2 is 1.93 bits per heavy atom. The van der Waals surface area contributed by atoms with Crippen molar-refractivity contribution in [2.75, 3.05) is 39.1 Å². The van der Waals surface area contributed by atoms with Gasteiger partial charge in [0.2, 0.25) is 10.0 Å². The molecule has 3 rings (SSSR count). The number of carbonyl (C=O) groups excluding carboxylic acids is 1. The Bertz CT molecular complexity index is 1000. The van der Waals surface area contributed by atoms with Crippen LogP contribution < -0.4 is 10.3 Å². The zero-order valence-corrected chi connectivity index (χ0v) is 17.8. The van der Waals surface area contributed by atoms with E-state index in [1.54, 1.807) is 20.1 Å². The van der Waals surface area contributed by atoms with Crippen molar-refractivity contribution >= 4 is 15.9 Å². The first-order valence-electron chi connectivity index (χ1n) is 9.65. The molecule has 2 aromatic carbocycles. The van der Waals surface area contributed by atoms with Crippen molar-refractivity contribution in [3.63, 3.8) is 0 Å². The van der Waals surface area contributed by atoms with E-state index in [2.05, 4.69) is 15.2 Å². The van der Waals surface area contributed by atoms with Crippen LogP contribution in [0, 0.1) is 18.7 Å². The van der Waals surface area contributed by atoms with Crippen LogP contribution in [0.5, 0.6) is 0 Å². The van der Waals surface area contributed by atoms with Gasteiger partial charge in [0.05, 0.1) is 17.9 Å². The van der Waals surface area contributed by atoms with Gasteiger partial charge in [-0.15, -0.1) is 4.83 Å². The summed E-state index contributed by atoms with van der Waals surface area (Å²) in [4.78, 5) is 16.7. The number of nitrogens with one attached hydrogen (secondary N) is 2. The summed E-state index contributed by atoms with van der Waals surface area (Å²) in [6, 6.07) is 12.3. The first-order chi connectivity index (χ1) is 14.3. The zero-order valence-electron chi connectivity index (χ0n) is 17.0. The fraction of sp³-hybridized carbons (Fsp3) is 0.381. The van der Waals surface area contributed by atoms with Gasteiger partial charge >= 0.3 is 0 Å². The van der Waals surface area contributed by atoms with E-state index in [4.69, 9.17) is 4.74 Å². The van der Waals surface area contributed by atoms with Crippen molar-refractivity contribution in [1.82, 2.24) is 15.2 Å². The Kier molecular flexibility index (Phi) is 7.19. The summed E-state index contributed by atoms with van der Waals surface area (Å²) < 4.78 is 44.1. The summed E-state index contributed by atoms with van der Waals surface area (Å²) in [5, 5.41) is 0. The van der Waals surface area contributed by atoms with Gasteiger partial charge in [0.25, 0.3) is 5.91 Å². The van der Waals surface area contributed by atoms with Crippen LogP contribution in [0.3, 0.4) is 0 Å². The van der Waals surface area contributed by atoms with Crippen molar-refractivity contribution in [3.8, 4) is 11.1 Å². The van der Waals surface area contributed by atoms with Crippen LogP contribution in [0.4, 0.5) is 4.39 Å². The third-order valence-corrected chi connectivity index (χ3v) is 6.35. The lowest BCUT2D eigenvalue weighted by Crippen LogP contribution is -2.53. The number of carbonyl (C=O) groups is 1. The SMILES string of the molecule is COCCN1CC(CS(=O)(=O)NNC(=O)c2cc(-c3ccccc3)cc(C)c2F)C1.[HH].[HH]. The van der Waals surface area contributed by atoms with Crippen molar-refractivity contribution in [2.24, 2.45) is 5.92 Å². The summed E-state index contributed by atoms with van der Waals surface area (Å²) in [5.41, 5.74) is 3.72. The second-order valence-corrected chi connectivity index (χ2v) is 9.24. The summed E-state index contributed by atoms with van der Waals surface area (Å²) in [5.74, 6) is -1.65. The lowest BCUT2D eigenvalue weighted by molar-refractivity contribution is 0.0738. The largest absolute Gasteiger partial charge is 0.383 e.